The van der Waals surface area contributed by atoms with Crippen LogP contribution in [-0.4, -0.2) is 67.6 Å². The summed E-state index contributed by atoms with van der Waals surface area (Å²) in [5, 5.41) is 12.1. The molecule has 10 nitrogen and oxygen atoms in total. The van der Waals surface area contributed by atoms with Crippen molar-refractivity contribution in [1.82, 2.24) is 35.2 Å². The van der Waals surface area contributed by atoms with Gasteiger partial charge in [0.15, 0.2) is 0 Å². The number of unbranched alkanes of at least 4 members (excludes halogenated alkanes) is 1. The summed E-state index contributed by atoms with van der Waals surface area (Å²) in [4.78, 5) is 23.4. The van der Waals surface area contributed by atoms with Crippen molar-refractivity contribution in [2.75, 3.05) is 19.7 Å². The molecule has 2 aromatic heterocycles. The molecule has 2 aliphatic heterocycles. The molecule has 11 heteroatoms. The molecular formula is C25H32ClN7O3. The van der Waals surface area contributed by atoms with E-state index >= 15 is 0 Å². The average molecular weight is 514 g/mol. The van der Waals surface area contributed by atoms with Crippen LogP contribution in [0.25, 0.3) is 0 Å². The number of nitrogens with one attached hydrogen (secondary N) is 2. The highest BCUT2D eigenvalue weighted by Crippen LogP contribution is 2.26. The number of nitrogens with zero attached hydrogens (tertiary/aromatic N) is 5. The number of rotatable bonds is 5. The predicted octanol–water partition coefficient (Wildman–Crippen LogP) is 2.98. The molecule has 5 rings (SSSR count). The number of carbonyl (C=O) groups excluding carboxylic acids is 1. The second kappa shape index (κ2) is 11.4. The lowest BCUT2D eigenvalue weighted by atomic mass is 10.1. The van der Waals surface area contributed by atoms with E-state index in [-0.39, 0.29) is 18.1 Å². The zero-order valence-corrected chi connectivity index (χ0v) is 21.2. The Morgan fingerprint density at radius 2 is 2.19 bits per heavy atom. The van der Waals surface area contributed by atoms with Gasteiger partial charge < -0.3 is 19.8 Å². The maximum atomic E-state index is 13.2. The first kappa shape index (κ1) is 24.7. The Balaban J connectivity index is 1.33. The molecule has 1 saturated heterocycles. The van der Waals surface area contributed by atoms with Gasteiger partial charge in [-0.05, 0) is 24.6 Å². The van der Waals surface area contributed by atoms with Gasteiger partial charge in [-0.2, -0.15) is 0 Å². The van der Waals surface area contributed by atoms with Crippen molar-refractivity contribution >= 4 is 17.5 Å². The number of ether oxygens (including phenoxy) is 2. The SMILES string of the molecule is CCCCc1ncc(CN2C[C@@H]3NC(=O)c4ccc(Cl)c(c4)OCCCn4cc(nn4)CO[C@H]3C2)[nH]1. The fraction of sp³-hybridized carbons (Fsp3) is 0.520. The van der Waals surface area contributed by atoms with Crippen LogP contribution in [0.2, 0.25) is 5.02 Å². The molecule has 0 spiro atoms. The summed E-state index contributed by atoms with van der Waals surface area (Å²) in [5.41, 5.74) is 2.32. The zero-order chi connectivity index (χ0) is 24.9. The molecule has 1 amide bonds. The standard InChI is InChI=1S/C25H32ClN7O3/c1-2-3-5-24-27-11-18(28-24)12-32-14-21-23(15-32)36-16-19-13-33(31-30-19)8-4-9-35-22-10-17(25(34)29-21)6-7-20(22)26/h6-7,10-11,13,21,23H,2-5,8-9,12,14-16H2,1H3,(H,27,28)(H,29,34)/t21-,23-/m0/s1. The van der Waals surface area contributed by atoms with Crippen molar-refractivity contribution < 1.29 is 14.3 Å². The zero-order valence-electron chi connectivity index (χ0n) is 20.5. The van der Waals surface area contributed by atoms with Crippen LogP contribution in [0.4, 0.5) is 0 Å². The summed E-state index contributed by atoms with van der Waals surface area (Å²) < 4.78 is 13.9. The van der Waals surface area contributed by atoms with Gasteiger partial charge in [0.05, 0.1) is 36.6 Å². The van der Waals surface area contributed by atoms with Crippen molar-refractivity contribution in [2.24, 2.45) is 0 Å². The fourth-order valence-electron chi connectivity index (χ4n) is 4.61. The summed E-state index contributed by atoms with van der Waals surface area (Å²) in [6.07, 6.45) is 7.53. The maximum Gasteiger partial charge on any atom is 0.251 e. The first-order valence-electron chi connectivity index (χ1n) is 12.6. The van der Waals surface area contributed by atoms with E-state index in [1.54, 1.807) is 22.9 Å². The van der Waals surface area contributed by atoms with Crippen LogP contribution < -0.4 is 10.1 Å². The summed E-state index contributed by atoms with van der Waals surface area (Å²) in [7, 11) is 0. The van der Waals surface area contributed by atoms with Crippen LogP contribution in [0.5, 0.6) is 5.75 Å². The average Bonchev–Trinajstić information content (AvgIpc) is 3.60. The molecule has 1 aromatic carbocycles. The quantitative estimate of drug-likeness (QED) is 0.539. The number of H-pyrrole nitrogens is 1. The van der Waals surface area contributed by atoms with Crippen LogP contribution >= 0.6 is 11.6 Å². The molecule has 0 radical (unpaired) electrons. The smallest absolute Gasteiger partial charge is 0.251 e. The topological polar surface area (TPSA) is 110 Å². The minimum Gasteiger partial charge on any atom is -0.492 e. The van der Waals surface area contributed by atoms with E-state index in [9.17, 15) is 4.79 Å². The Hall–Kier alpha value is -2.95. The van der Waals surface area contributed by atoms with E-state index in [1.165, 1.54) is 0 Å². The van der Waals surface area contributed by atoms with Gasteiger partial charge in [-0.1, -0.05) is 30.2 Å². The number of fused-ring (bicyclic) bond motifs is 5. The molecule has 0 saturated carbocycles. The summed E-state index contributed by atoms with van der Waals surface area (Å²) >= 11 is 6.31. The first-order chi connectivity index (χ1) is 17.6. The van der Waals surface area contributed by atoms with Crippen LogP contribution in [0.15, 0.2) is 30.6 Å². The van der Waals surface area contributed by atoms with E-state index in [4.69, 9.17) is 21.1 Å². The fourth-order valence-corrected chi connectivity index (χ4v) is 4.78. The van der Waals surface area contributed by atoms with Crippen molar-refractivity contribution in [1.29, 1.82) is 0 Å². The highest BCUT2D eigenvalue weighted by Gasteiger charge is 2.35. The molecule has 4 heterocycles. The number of carbonyl (C=O) groups is 1. The van der Waals surface area contributed by atoms with E-state index < -0.39 is 0 Å². The molecule has 1 fully saturated rings. The number of amides is 1. The lowest BCUT2D eigenvalue weighted by Gasteiger charge is -2.20. The monoisotopic (exact) mass is 513 g/mol. The number of aryl methyl sites for hydroxylation is 2. The third kappa shape index (κ3) is 6.05. The number of hydrogen-bond acceptors (Lipinski definition) is 7. The third-order valence-electron chi connectivity index (χ3n) is 6.51. The molecule has 0 aliphatic carbocycles. The molecule has 2 N–H and O–H groups in total. The summed E-state index contributed by atoms with van der Waals surface area (Å²) in [6, 6.07) is 4.92. The Bertz CT molecular complexity index is 1180. The highest BCUT2D eigenvalue weighted by molar-refractivity contribution is 6.32. The second-order valence-electron chi connectivity index (χ2n) is 9.40. The molecule has 36 heavy (non-hydrogen) atoms. The molecule has 3 aromatic rings. The largest absolute Gasteiger partial charge is 0.492 e. The van der Waals surface area contributed by atoms with E-state index in [0.717, 1.165) is 42.9 Å². The van der Waals surface area contributed by atoms with Gasteiger partial charge in [-0.25, -0.2) is 4.98 Å². The summed E-state index contributed by atoms with van der Waals surface area (Å²) in [5.74, 6) is 1.33. The Kier molecular flexibility index (Phi) is 7.84. The van der Waals surface area contributed by atoms with Gasteiger partial charge >= 0.3 is 0 Å². The molecular weight excluding hydrogens is 482 g/mol. The lowest BCUT2D eigenvalue weighted by Crippen LogP contribution is -2.44. The van der Waals surface area contributed by atoms with Gasteiger partial charge in [0.1, 0.15) is 17.3 Å². The minimum absolute atomic E-state index is 0.182. The van der Waals surface area contributed by atoms with E-state index in [0.29, 0.717) is 55.7 Å². The number of hydrogen-bond donors (Lipinski definition) is 2. The summed E-state index contributed by atoms with van der Waals surface area (Å²) in [6.45, 7) is 5.66. The van der Waals surface area contributed by atoms with Gasteiger partial charge in [-0.15, -0.1) is 5.10 Å². The third-order valence-corrected chi connectivity index (χ3v) is 6.83. The number of benzene rings is 1. The number of imidazole rings is 1. The van der Waals surface area contributed by atoms with Gasteiger partial charge in [0, 0.05) is 56.5 Å². The highest BCUT2D eigenvalue weighted by atomic mass is 35.5. The number of likely N-dealkylation sites (tertiary alicyclic amines) is 1. The normalized spacial score (nSPS) is 21.1. The van der Waals surface area contributed by atoms with Crippen LogP contribution in [0.1, 0.15) is 53.8 Å². The number of halogens is 1. The van der Waals surface area contributed by atoms with Crippen LogP contribution in [0, 0.1) is 0 Å². The first-order valence-corrected chi connectivity index (χ1v) is 12.9. The van der Waals surface area contributed by atoms with Crippen LogP contribution in [0.3, 0.4) is 0 Å². The van der Waals surface area contributed by atoms with Crippen molar-refractivity contribution in [3.8, 4) is 5.75 Å². The molecule has 4 bridgehead atoms. The maximum absolute atomic E-state index is 13.2. The Morgan fingerprint density at radius 3 is 3.08 bits per heavy atom. The molecule has 0 unspecified atom stereocenters. The van der Waals surface area contributed by atoms with Crippen molar-refractivity contribution in [2.45, 2.75) is 64.4 Å². The number of aromatic amines is 1. The number of aromatic nitrogens is 5. The van der Waals surface area contributed by atoms with Crippen molar-refractivity contribution in [3.05, 3.63) is 58.4 Å². The minimum atomic E-state index is -0.197. The Morgan fingerprint density at radius 1 is 1.28 bits per heavy atom. The predicted molar refractivity (Wildman–Crippen MR) is 134 cm³/mol. The van der Waals surface area contributed by atoms with Gasteiger partial charge in [-0.3, -0.25) is 14.4 Å². The van der Waals surface area contributed by atoms with Crippen molar-refractivity contribution in [3.63, 3.8) is 0 Å². The molecule has 192 valence electrons. The second-order valence-corrected chi connectivity index (χ2v) is 9.81. The van der Waals surface area contributed by atoms with Gasteiger partial charge in [0.25, 0.3) is 5.91 Å². The Labute approximate surface area is 215 Å². The lowest BCUT2D eigenvalue weighted by molar-refractivity contribution is 0.0293. The van der Waals surface area contributed by atoms with E-state index in [2.05, 4.69) is 37.4 Å². The molecule has 2 atom stereocenters. The molecule has 2 aliphatic rings. The van der Waals surface area contributed by atoms with E-state index in [1.807, 2.05) is 12.4 Å². The van der Waals surface area contributed by atoms with Gasteiger partial charge in [0.2, 0.25) is 0 Å². The van der Waals surface area contributed by atoms with Crippen LogP contribution in [-0.2, 0) is 30.9 Å².